The van der Waals surface area contributed by atoms with E-state index in [4.69, 9.17) is 0 Å². The van der Waals surface area contributed by atoms with E-state index in [2.05, 4.69) is 26.7 Å². The third-order valence-electron chi connectivity index (χ3n) is 4.83. The molecule has 1 aromatic carbocycles. The van der Waals surface area contributed by atoms with E-state index in [1.807, 2.05) is 35.2 Å². The summed E-state index contributed by atoms with van der Waals surface area (Å²) in [5.41, 5.74) is 1.82. The van der Waals surface area contributed by atoms with E-state index in [1.54, 1.807) is 18.3 Å². The molecule has 0 radical (unpaired) electrons. The molecule has 0 spiro atoms. The first-order valence-corrected chi connectivity index (χ1v) is 9.02. The smallest absolute Gasteiger partial charge is 0.223 e. The number of rotatable bonds is 4. The largest absolute Gasteiger partial charge is 0.508 e. The lowest BCUT2D eigenvalue weighted by molar-refractivity contribution is -0.133. The molecule has 0 unspecified atom stereocenters. The molecule has 2 aromatic heterocycles. The van der Waals surface area contributed by atoms with Crippen LogP contribution in [0.15, 0.2) is 48.7 Å². The maximum Gasteiger partial charge on any atom is 0.223 e. The summed E-state index contributed by atoms with van der Waals surface area (Å²) < 4.78 is 2.08. The van der Waals surface area contributed by atoms with Crippen LogP contribution in [-0.2, 0) is 17.8 Å². The van der Waals surface area contributed by atoms with Crippen molar-refractivity contribution in [2.75, 3.05) is 6.54 Å². The second-order valence-electron chi connectivity index (χ2n) is 6.81. The summed E-state index contributed by atoms with van der Waals surface area (Å²) in [6.45, 7) is 3.15. The lowest BCUT2D eigenvalue weighted by atomic mass is 10.1. The summed E-state index contributed by atoms with van der Waals surface area (Å²) in [5, 5.41) is 17.9. The number of carbonyl (C=O) groups is 1. The van der Waals surface area contributed by atoms with Crippen molar-refractivity contribution in [3.63, 3.8) is 0 Å². The maximum absolute atomic E-state index is 12.7. The molecule has 0 aliphatic carbocycles. The van der Waals surface area contributed by atoms with E-state index in [1.165, 1.54) is 0 Å². The van der Waals surface area contributed by atoms with Crippen molar-refractivity contribution in [1.29, 1.82) is 0 Å². The van der Waals surface area contributed by atoms with Crippen LogP contribution in [-0.4, -0.2) is 42.2 Å². The molecule has 27 heavy (non-hydrogen) atoms. The zero-order chi connectivity index (χ0) is 18.8. The molecule has 1 aliphatic rings. The summed E-state index contributed by atoms with van der Waals surface area (Å²) in [4.78, 5) is 18.9. The minimum absolute atomic E-state index is 0.0818. The predicted molar refractivity (Wildman–Crippen MR) is 99.8 cm³/mol. The fourth-order valence-corrected chi connectivity index (χ4v) is 3.46. The Morgan fingerprint density at radius 3 is 2.74 bits per heavy atom. The summed E-state index contributed by atoms with van der Waals surface area (Å²) in [7, 11) is 0. The van der Waals surface area contributed by atoms with Gasteiger partial charge < -0.3 is 14.6 Å². The van der Waals surface area contributed by atoms with Gasteiger partial charge in [0.05, 0.1) is 12.6 Å². The molecule has 3 aromatic rings. The molecule has 1 N–H and O–H groups in total. The quantitative estimate of drug-likeness (QED) is 0.770. The number of pyridine rings is 1. The average molecular weight is 363 g/mol. The predicted octanol–water partition coefficient (Wildman–Crippen LogP) is 2.58. The van der Waals surface area contributed by atoms with Crippen LogP contribution >= 0.6 is 0 Å². The monoisotopic (exact) mass is 363 g/mol. The summed E-state index contributed by atoms with van der Waals surface area (Å²) in [5.74, 6) is 1.86. The van der Waals surface area contributed by atoms with Gasteiger partial charge in [0.15, 0.2) is 11.6 Å². The minimum Gasteiger partial charge on any atom is -0.508 e. The number of nitrogens with zero attached hydrogens (tertiary/aromatic N) is 5. The van der Waals surface area contributed by atoms with Gasteiger partial charge in [0.1, 0.15) is 11.4 Å². The van der Waals surface area contributed by atoms with Gasteiger partial charge >= 0.3 is 0 Å². The molecular formula is C20H21N5O2. The van der Waals surface area contributed by atoms with Crippen molar-refractivity contribution >= 4 is 5.91 Å². The Bertz CT molecular complexity index is 937. The number of hydrogen-bond donors (Lipinski definition) is 1. The van der Waals surface area contributed by atoms with Gasteiger partial charge in [0.2, 0.25) is 5.91 Å². The highest BCUT2D eigenvalue weighted by Crippen LogP contribution is 2.26. The first-order chi connectivity index (χ1) is 13.1. The van der Waals surface area contributed by atoms with Gasteiger partial charge in [-0.1, -0.05) is 18.2 Å². The van der Waals surface area contributed by atoms with Crippen LogP contribution in [0.5, 0.6) is 5.75 Å². The second kappa shape index (κ2) is 7.19. The van der Waals surface area contributed by atoms with Crippen molar-refractivity contribution in [2.45, 2.75) is 32.4 Å². The van der Waals surface area contributed by atoms with Crippen LogP contribution in [0, 0.1) is 0 Å². The van der Waals surface area contributed by atoms with Gasteiger partial charge in [-0.15, -0.1) is 10.2 Å². The summed E-state index contributed by atoms with van der Waals surface area (Å²) in [6.07, 6.45) is 2.82. The van der Waals surface area contributed by atoms with E-state index >= 15 is 0 Å². The third-order valence-corrected chi connectivity index (χ3v) is 4.83. The molecular weight excluding hydrogens is 342 g/mol. The molecule has 1 aliphatic heterocycles. The van der Waals surface area contributed by atoms with Crippen LogP contribution in [0.4, 0.5) is 0 Å². The number of fused-ring (bicyclic) bond motifs is 1. The first kappa shape index (κ1) is 17.2. The zero-order valence-electron chi connectivity index (χ0n) is 15.1. The molecule has 7 heteroatoms. The Labute approximate surface area is 157 Å². The Kier molecular flexibility index (Phi) is 4.58. The first-order valence-electron chi connectivity index (χ1n) is 9.02. The van der Waals surface area contributed by atoms with E-state index in [9.17, 15) is 9.90 Å². The van der Waals surface area contributed by atoms with Crippen molar-refractivity contribution in [2.24, 2.45) is 0 Å². The molecule has 0 saturated heterocycles. The average Bonchev–Trinajstić information content (AvgIpc) is 3.12. The van der Waals surface area contributed by atoms with Gasteiger partial charge in [-0.2, -0.15) is 0 Å². The molecule has 138 valence electrons. The molecule has 4 rings (SSSR count). The molecule has 1 amide bonds. The number of phenolic OH excluding ortho intramolecular Hbond substituents is 1. The van der Waals surface area contributed by atoms with Gasteiger partial charge in [0, 0.05) is 19.2 Å². The standard InChI is InChI=1S/C20H21N5O2/c1-14-12-24(19(27)10-7-15-5-8-16(26)9-6-15)13-18-22-23-20(25(14)18)17-4-2-3-11-21-17/h2-6,8-9,11,14,26H,7,10,12-13H2,1H3/t14-/m0/s1. The zero-order valence-corrected chi connectivity index (χ0v) is 15.1. The van der Waals surface area contributed by atoms with Crippen molar-refractivity contribution in [1.82, 2.24) is 24.6 Å². The topological polar surface area (TPSA) is 84.1 Å². The van der Waals surface area contributed by atoms with Crippen molar-refractivity contribution < 1.29 is 9.90 Å². The van der Waals surface area contributed by atoms with Gasteiger partial charge in [-0.3, -0.25) is 9.78 Å². The van der Waals surface area contributed by atoms with E-state index in [-0.39, 0.29) is 17.7 Å². The van der Waals surface area contributed by atoms with Crippen LogP contribution in [0.1, 0.15) is 30.8 Å². The van der Waals surface area contributed by atoms with Crippen molar-refractivity contribution in [3.05, 3.63) is 60.0 Å². The highest BCUT2D eigenvalue weighted by Gasteiger charge is 2.29. The van der Waals surface area contributed by atoms with Gasteiger partial charge in [-0.05, 0) is 43.2 Å². The normalized spacial score (nSPS) is 16.2. The second-order valence-corrected chi connectivity index (χ2v) is 6.81. The van der Waals surface area contributed by atoms with Crippen LogP contribution in [0.25, 0.3) is 11.5 Å². The lowest BCUT2D eigenvalue weighted by Gasteiger charge is -2.32. The molecule has 7 nitrogen and oxygen atoms in total. The minimum atomic E-state index is 0.0818. The molecule has 0 fully saturated rings. The van der Waals surface area contributed by atoms with Gasteiger partial charge in [-0.25, -0.2) is 0 Å². The van der Waals surface area contributed by atoms with Crippen molar-refractivity contribution in [3.8, 4) is 17.3 Å². The molecule has 0 saturated carbocycles. The number of amides is 1. The SMILES string of the molecule is C[C@H]1CN(C(=O)CCc2ccc(O)cc2)Cc2nnc(-c3ccccn3)n21. The lowest BCUT2D eigenvalue weighted by Crippen LogP contribution is -2.40. The highest BCUT2D eigenvalue weighted by atomic mass is 16.3. The summed E-state index contributed by atoms with van der Waals surface area (Å²) in [6, 6.07) is 12.8. The summed E-state index contributed by atoms with van der Waals surface area (Å²) >= 11 is 0. The fraction of sp³-hybridized carbons (Fsp3) is 0.300. The number of benzene rings is 1. The Morgan fingerprint density at radius 2 is 2.00 bits per heavy atom. The van der Waals surface area contributed by atoms with Crippen LogP contribution in [0.2, 0.25) is 0 Å². The number of aryl methyl sites for hydroxylation is 1. The van der Waals surface area contributed by atoms with Crippen LogP contribution < -0.4 is 0 Å². The van der Waals surface area contributed by atoms with Gasteiger partial charge in [0.25, 0.3) is 0 Å². The van der Waals surface area contributed by atoms with E-state index in [0.29, 0.717) is 25.9 Å². The highest BCUT2D eigenvalue weighted by molar-refractivity contribution is 5.76. The fourth-order valence-electron chi connectivity index (χ4n) is 3.46. The number of aromatic nitrogens is 4. The molecule has 1 atom stereocenters. The number of aromatic hydroxyl groups is 1. The number of hydrogen-bond acceptors (Lipinski definition) is 5. The van der Waals surface area contributed by atoms with E-state index in [0.717, 1.165) is 22.9 Å². The van der Waals surface area contributed by atoms with Crippen LogP contribution in [0.3, 0.4) is 0 Å². The Hall–Kier alpha value is -3.22. The maximum atomic E-state index is 12.7. The molecule has 3 heterocycles. The third kappa shape index (κ3) is 3.53. The number of phenols is 1. The number of carbonyl (C=O) groups excluding carboxylic acids is 1. The Balaban J connectivity index is 1.46. The Morgan fingerprint density at radius 1 is 1.19 bits per heavy atom. The van der Waals surface area contributed by atoms with E-state index < -0.39 is 0 Å². The molecule has 0 bridgehead atoms.